The molecular weight excluding hydrogens is 430 g/mol. The van der Waals surface area contributed by atoms with Crippen molar-refractivity contribution in [2.75, 3.05) is 5.32 Å². The highest BCUT2D eigenvalue weighted by Gasteiger charge is 2.21. The molecule has 2 aromatic carbocycles. The maximum Gasteiger partial charge on any atom is 0.514 e. The Morgan fingerprint density at radius 1 is 0.939 bits per heavy atom. The molecule has 0 spiro atoms. The third kappa shape index (κ3) is 7.91. The minimum atomic E-state index is -0.957. The number of carbonyl (C=O) groups excluding carboxylic acids is 3. The summed E-state index contributed by atoms with van der Waals surface area (Å²) in [5, 5.41) is 16.0. The highest BCUT2D eigenvalue weighted by molar-refractivity contribution is 5.97. The van der Waals surface area contributed by atoms with Gasteiger partial charge < -0.3 is 20.1 Å². The zero-order chi connectivity index (χ0) is 24.5. The van der Waals surface area contributed by atoms with E-state index in [4.69, 9.17) is 9.47 Å². The fraction of sp³-hybridized carbons (Fsp3) is 0.348. The topological polar surface area (TPSA) is 137 Å². The SMILES string of the molecule is CC(C)[C@H](C)C(=O)N[C@@H](C)C(=O)Nc1ccc(COC(=O)Oc2ccc([N+](=O)[O-])cc2)cc1. The number of amides is 2. The Morgan fingerprint density at radius 2 is 1.55 bits per heavy atom. The first-order chi connectivity index (χ1) is 15.6. The van der Waals surface area contributed by atoms with Crippen molar-refractivity contribution in [3.8, 4) is 5.75 Å². The molecule has 0 aromatic heterocycles. The fourth-order valence-corrected chi connectivity index (χ4v) is 2.55. The van der Waals surface area contributed by atoms with E-state index in [0.717, 1.165) is 0 Å². The van der Waals surface area contributed by atoms with Gasteiger partial charge in [0.1, 0.15) is 18.4 Å². The Balaban J connectivity index is 1.81. The molecule has 2 atom stereocenters. The summed E-state index contributed by atoms with van der Waals surface area (Å²) in [5.41, 5.74) is 1.06. The van der Waals surface area contributed by atoms with Gasteiger partial charge in [-0.2, -0.15) is 0 Å². The van der Waals surface area contributed by atoms with Crippen molar-refractivity contribution >= 4 is 29.3 Å². The van der Waals surface area contributed by atoms with Crippen LogP contribution in [0.25, 0.3) is 0 Å². The lowest BCUT2D eigenvalue weighted by molar-refractivity contribution is -0.384. The molecule has 0 fully saturated rings. The molecule has 2 amide bonds. The lowest BCUT2D eigenvalue weighted by atomic mass is 9.97. The van der Waals surface area contributed by atoms with Gasteiger partial charge in [-0.1, -0.05) is 32.9 Å². The van der Waals surface area contributed by atoms with Crippen LogP contribution in [0, 0.1) is 22.0 Å². The first-order valence-corrected chi connectivity index (χ1v) is 10.4. The summed E-state index contributed by atoms with van der Waals surface area (Å²) in [6.45, 7) is 7.23. The summed E-state index contributed by atoms with van der Waals surface area (Å²) < 4.78 is 9.99. The molecule has 0 unspecified atom stereocenters. The normalized spacial score (nSPS) is 12.4. The van der Waals surface area contributed by atoms with Crippen LogP contribution in [-0.2, 0) is 20.9 Å². The van der Waals surface area contributed by atoms with E-state index in [1.165, 1.54) is 24.3 Å². The summed E-state index contributed by atoms with van der Waals surface area (Å²) in [5.74, 6) is -0.448. The molecule has 0 bridgehead atoms. The number of rotatable bonds is 9. The number of nitrogens with one attached hydrogen (secondary N) is 2. The number of non-ortho nitro benzene ring substituents is 1. The van der Waals surface area contributed by atoms with Gasteiger partial charge in [0, 0.05) is 23.7 Å². The van der Waals surface area contributed by atoms with Crippen LogP contribution in [0.2, 0.25) is 0 Å². The maximum atomic E-state index is 12.3. The maximum absolute atomic E-state index is 12.3. The molecule has 2 aromatic rings. The van der Waals surface area contributed by atoms with Gasteiger partial charge in [-0.05, 0) is 42.7 Å². The standard InChI is InChI=1S/C23H27N3O7/c1-14(2)15(3)21(27)24-16(4)22(28)25-18-7-5-17(6-8-18)13-32-23(29)33-20-11-9-19(10-12-20)26(30)31/h5-12,14-16H,13H2,1-4H3,(H,24,27)(H,25,28)/t15-,16-/m0/s1. The number of nitro groups is 1. The molecule has 2 rings (SSSR count). The minimum absolute atomic E-state index is 0.0698. The second-order valence-electron chi connectivity index (χ2n) is 7.84. The van der Waals surface area contributed by atoms with E-state index in [9.17, 15) is 24.5 Å². The third-order valence-corrected chi connectivity index (χ3v) is 4.99. The highest BCUT2D eigenvalue weighted by atomic mass is 16.7. The molecule has 0 radical (unpaired) electrons. The summed E-state index contributed by atoms with van der Waals surface area (Å²) in [6, 6.07) is 10.9. The van der Waals surface area contributed by atoms with Gasteiger partial charge in [-0.3, -0.25) is 19.7 Å². The number of ether oxygens (including phenoxy) is 2. The molecule has 33 heavy (non-hydrogen) atoms. The van der Waals surface area contributed by atoms with Crippen molar-refractivity contribution in [1.29, 1.82) is 0 Å². The minimum Gasteiger partial charge on any atom is -0.429 e. The zero-order valence-electron chi connectivity index (χ0n) is 18.9. The Kier molecular flexibility index (Phi) is 8.90. The molecular formula is C23H27N3O7. The Morgan fingerprint density at radius 3 is 2.09 bits per heavy atom. The average molecular weight is 457 g/mol. The van der Waals surface area contributed by atoms with Gasteiger partial charge in [-0.15, -0.1) is 0 Å². The predicted molar refractivity (Wildman–Crippen MR) is 121 cm³/mol. The zero-order valence-corrected chi connectivity index (χ0v) is 18.9. The fourth-order valence-electron chi connectivity index (χ4n) is 2.55. The third-order valence-electron chi connectivity index (χ3n) is 4.99. The van der Waals surface area contributed by atoms with Crippen LogP contribution >= 0.6 is 0 Å². The van der Waals surface area contributed by atoms with Crippen molar-refractivity contribution in [3.63, 3.8) is 0 Å². The van der Waals surface area contributed by atoms with Crippen molar-refractivity contribution < 1.29 is 28.8 Å². The number of nitrogens with zero attached hydrogens (tertiary/aromatic N) is 1. The molecule has 0 aliphatic rings. The number of nitro benzene ring substituents is 1. The second kappa shape index (κ2) is 11.6. The van der Waals surface area contributed by atoms with Gasteiger partial charge in [0.05, 0.1) is 4.92 Å². The number of anilines is 1. The summed E-state index contributed by atoms with van der Waals surface area (Å²) in [6.07, 6.45) is -0.957. The Labute approximate surface area is 191 Å². The molecule has 0 aliphatic heterocycles. The number of carbonyl (C=O) groups is 3. The van der Waals surface area contributed by atoms with Crippen molar-refractivity contribution in [2.24, 2.45) is 11.8 Å². The van der Waals surface area contributed by atoms with Gasteiger partial charge in [0.25, 0.3) is 5.69 Å². The molecule has 0 aliphatic carbocycles. The molecule has 0 saturated heterocycles. The first-order valence-electron chi connectivity index (χ1n) is 10.4. The highest BCUT2D eigenvalue weighted by Crippen LogP contribution is 2.18. The van der Waals surface area contributed by atoms with Gasteiger partial charge in [0.2, 0.25) is 11.8 Å². The summed E-state index contributed by atoms with van der Waals surface area (Å²) >= 11 is 0. The molecule has 176 valence electrons. The van der Waals surface area contributed by atoms with Gasteiger partial charge in [0.15, 0.2) is 0 Å². The van der Waals surface area contributed by atoms with E-state index in [-0.39, 0.29) is 41.7 Å². The van der Waals surface area contributed by atoms with Crippen LogP contribution in [0.1, 0.15) is 33.3 Å². The lowest BCUT2D eigenvalue weighted by Crippen LogP contribution is -2.44. The molecule has 0 heterocycles. The summed E-state index contributed by atoms with van der Waals surface area (Å²) in [4.78, 5) is 46.3. The van der Waals surface area contributed by atoms with E-state index in [0.29, 0.717) is 11.3 Å². The number of benzene rings is 2. The number of hydrogen-bond acceptors (Lipinski definition) is 7. The van der Waals surface area contributed by atoms with Crippen molar-refractivity contribution in [2.45, 2.75) is 40.3 Å². The lowest BCUT2D eigenvalue weighted by Gasteiger charge is -2.19. The predicted octanol–water partition coefficient (Wildman–Crippen LogP) is 4.05. The van der Waals surface area contributed by atoms with Crippen LogP contribution in [0.3, 0.4) is 0 Å². The van der Waals surface area contributed by atoms with E-state index in [1.807, 2.05) is 20.8 Å². The van der Waals surface area contributed by atoms with E-state index < -0.39 is 17.1 Å². The van der Waals surface area contributed by atoms with Crippen LogP contribution in [-0.4, -0.2) is 28.9 Å². The average Bonchev–Trinajstić information content (AvgIpc) is 2.78. The van der Waals surface area contributed by atoms with Crippen LogP contribution < -0.4 is 15.4 Å². The van der Waals surface area contributed by atoms with Gasteiger partial charge in [-0.25, -0.2) is 4.79 Å². The van der Waals surface area contributed by atoms with E-state index in [2.05, 4.69) is 10.6 Å². The van der Waals surface area contributed by atoms with Crippen LogP contribution in [0.5, 0.6) is 5.75 Å². The quantitative estimate of drug-likeness (QED) is 0.251. The smallest absolute Gasteiger partial charge is 0.429 e. The van der Waals surface area contributed by atoms with Crippen LogP contribution in [0.4, 0.5) is 16.2 Å². The summed E-state index contributed by atoms with van der Waals surface area (Å²) in [7, 11) is 0. The van der Waals surface area contributed by atoms with E-state index in [1.54, 1.807) is 31.2 Å². The molecule has 10 heteroatoms. The molecule has 2 N–H and O–H groups in total. The Bertz CT molecular complexity index is 988. The first kappa shape index (κ1) is 25.3. The van der Waals surface area contributed by atoms with Crippen LogP contribution in [0.15, 0.2) is 48.5 Å². The monoisotopic (exact) mass is 457 g/mol. The van der Waals surface area contributed by atoms with Crippen molar-refractivity contribution in [1.82, 2.24) is 5.32 Å². The van der Waals surface area contributed by atoms with Crippen molar-refractivity contribution in [3.05, 3.63) is 64.2 Å². The largest absolute Gasteiger partial charge is 0.514 e. The van der Waals surface area contributed by atoms with E-state index >= 15 is 0 Å². The van der Waals surface area contributed by atoms with Gasteiger partial charge >= 0.3 is 6.16 Å². The Hall–Kier alpha value is -3.95. The molecule has 10 nitrogen and oxygen atoms in total. The second-order valence-corrected chi connectivity index (χ2v) is 7.84. The molecule has 0 saturated carbocycles. The number of hydrogen-bond donors (Lipinski definition) is 2.